The number of hydrogen-bond acceptors (Lipinski definition) is 8. The summed E-state index contributed by atoms with van der Waals surface area (Å²) in [6.07, 6.45) is 57.3. The van der Waals surface area contributed by atoms with E-state index < -0.39 is 24.3 Å². The molecule has 0 bridgehead atoms. The smallest absolute Gasteiger partial charge is 0.306 e. The Kier molecular flexibility index (Phi) is 44.9. The molecular weight excluding hydrogens is 815 g/mol. The van der Waals surface area contributed by atoms with E-state index in [0.29, 0.717) is 17.4 Å². The zero-order valence-electron chi connectivity index (χ0n) is 42.3. The van der Waals surface area contributed by atoms with Crippen molar-refractivity contribution in [3.63, 3.8) is 0 Å². The van der Waals surface area contributed by atoms with Crippen molar-refractivity contribution in [3.05, 3.63) is 72.9 Å². The highest BCUT2D eigenvalue weighted by Crippen LogP contribution is 2.15. The average Bonchev–Trinajstić information content (AvgIpc) is 3.27. The van der Waals surface area contributed by atoms with Gasteiger partial charge in [0.15, 0.2) is 12.4 Å². The molecule has 9 heteroatoms. The predicted molar refractivity (Wildman–Crippen MR) is 269 cm³/mol. The van der Waals surface area contributed by atoms with Crippen LogP contribution in [0.2, 0.25) is 0 Å². The Morgan fingerprint density at radius 1 is 0.477 bits per heavy atom. The molecule has 9 nitrogen and oxygen atoms in total. The summed E-state index contributed by atoms with van der Waals surface area (Å²) >= 11 is 0. The van der Waals surface area contributed by atoms with Crippen LogP contribution in [0.5, 0.6) is 0 Å². The Labute approximate surface area is 398 Å². The maximum atomic E-state index is 12.7. The Morgan fingerprint density at radius 2 is 0.877 bits per heavy atom. The number of carboxylic acids is 1. The second kappa shape index (κ2) is 47.2. The van der Waals surface area contributed by atoms with Crippen molar-refractivity contribution in [2.45, 2.75) is 219 Å². The van der Waals surface area contributed by atoms with Crippen LogP contribution in [-0.2, 0) is 33.3 Å². The molecule has 2 unspecified atom stereocenters. The van der Waals surface area contributed by atoms with Crippen LogP contribution in [0.1, 0.15) is 206 Å². The molecule has 0 aliphatic carbocycles. The molecule has 0 fully saturated rings. The molecule has 0 saturated heterocycles. The summed E-state index contributed by atoms with van der Waals surface area (Å²) in [6.45, 7) is 4.53. The third-order valence-electron chi connectivity index (χ3n) is 11.0. The third-order valence-corrected chi connectivity index (χ3v) is 11.0. The summed E-state index contributed by atoms with van der Waals surface area (Å²) in [5, 5.41) is 11.6. The Bertz CT molecular complexity index is 1290. The van der Waals surface area contributed by atoms with Crippen LogP contribution in [0.15, 0.2) is 72.9 Å². The number of allylic oxidation sites excluding steroid dienone is 12. The maximum Gasteiger partial charge on any atom is 0.306 e. The highest BCUT2D eigenvalue weighted by molar-refractivity contribution is 5.70. The summed E-state index contributed by atoms with van der Waals surface area (Å²) in [5.74, 6) is -2.30. The topological polar surface area (TPSA) is 111 Å². The van der Waals surface area contributed by atoms with E-state index in [9.17, 15) is 19.5 Å². The minimum Gasteiger partial charge on any atom is -0.545 e. The van der Waals surface area contributed by atoms with Crippen LogP contribution in [0.3, 0.4) is 0 Å². The third kappa shape index (κ3) is 48.5. The first-order valence-electron chi connectivity index (χ1n) is 26.1. The van der Waals surface area contributed by atoms with Gasteiger partial charge in [0.2, 0.25) is 0 Å². The van der Waals surface area contributed by atoms with Gasteiger partial charge in [-0.05, 0) is 64.2 Å². The number of ether oxygens (including phenoxy) is 4. The molecule has 2 atom stereocenters. The van der Waals surface area contributed by atoms with Gasteiger partial charge in [0, 0.05) is 12.8 Å². The molecule has 0 aromatic rings. The van der Waals surface area contributed by atoms with Crippen molar-refractivity contribution < 1.29 is 42.9 Å². The summed E-state index contributed by atoms with van der Waals surface area (Å²) in [4.78, 5) is 36.7. The number of esters is 2. The van der Waals surface area contributed by atoms with Crippen LogP contribution in [0.25, 0.3) is 0 Å². The summed E-state index contributed by atoms with van der Waals surface area (Å²) in [7, 11) is 5.90. The molecule has 0 saturated carbocycles. The first-order chi connectivity index (χ1) is 31.6. The fraction of sp³-hybridized carbons (Fsp3) is 0.732. The molecule has 0 heterocycles. The number of rotatable bonds is 47. The number of aliphatic carboxylic acids is 1. The van der Waals surface area contributed by atoms with Crippen LogP contribution in [0, 0.1) is 0 Å². The number of likely N-dealkylation sites (N-methyl/N-ethyl adjacent to an activating group) is 1. The van der Waals surface area contributed by atoms with Crippen LogP contribution in [-0.4, -0.2) is 82.3 Å². The molecule has 0 aromatic carbocycles. The Hall–Kier alpha value is -3.27. The molecule has 374 valence electrons. The monoisotopic (exact) mass is 912 g/mol. The Morgan fingerprint density at radius 3 is 1.31 bits per heavy atom. The lowest BCUT2D eigenvalue weighted by atomic mass is 10.0. The van der Waals surface area contributed by atoms with Crippen LogP contribution >= 0.6 is 0 Å². The van der Waals surface area contributed by atoms with Gasteiger partial charge in [-0.1, -0.05) is 202 Å². The number of hydrogen-bond donors (Lipinski definition) is 0. The van der Waals surface area contributed by atoms with Gasteiger partial charge in [-0.15, -0.1) is 0 Å². The molecule has 0 aromatic heterocycles. The first kappa shape index (κ1) is 61.7. The lowest BCUT2D eigenvalue weighted by Gasteiger charge is -2.26. The van der Waals surface area contributed by atoms with Crippen molar-refractivity contribution in [1.29, 1.82) is 0 Å². The lowest BCUT2D eigenvalue weighted by molar-refractivity contribution is -0.870. The minimum absolute atomic E-state index is 0.147. The normalized spacial score (nSPS) is 13.4. The first-order valence-corrected chi connectivity index (χ1v) is 26.1. The number of carbonyl (C=O) groups is 3. The fourth-order valence-corrected chi connectivity index (χ4v) is 6.95. The number of carbonyl (C=O) groups excluding carboxylic acids is 3. The molecule has 0 aliphatic heterocycles. The van der Waals surface area contributed by atoms with E-state index in [-0.39, 0.29) is 38.6 Å². The van der Waals surface area contributed by atoms with Crippen molar-refractivity contribution in [3.8, 4) is 0 Å². The molecule has 0 rings (SSSR count). The summed E-state index contributed by atoms with van der Waals surface area (Å²) < 4.78 is 22.4. The van der Waals surface area contributed by atoms with Crippen LogP contribution in [0.4, 0.5) is 0 Å². The van der Waals surface area contributed by atoms with E-state index in [1.54, 1.807) is 0 Å². The minimum atomic E-state index is -1.62. The van der Waals surface area contributed by atoms with Gasteiger partial charge in [-0.2, -0.15) is 0 Å². The zero-order chi connectivity index (χ0) is 47.7. The number of nitrogens with zero attached hydrogens (tertiary/aromatic N) is 1. The maximum absolute atomic E-state index is 12.7. The second-order valence-electron chi connectivity index (χ2n) is 18.4. The SMILES string of the molecule is CC/C=C\C/C=C\C/C=C\C/C=C\C/C=C\C/C=C\CCCCCCCCCCCCCCCCCCC(=O)OC(COC(=O)CCCCCCC)COC(OCC[N+](C)(C)C)C(=O)[O-]. The molecule has 0 radical (unpaired) electrons. The second-order valence-corrected chi connectivity index (χ2v) is 18.4. The molecule has 65 heavy (non-hydrogen) atoms. The lowest BCUT2D eigenvalue weighted by Crippen LogP contribution is -2.44. The van der Waals surface area contributed by atoms with Crippen molar-refractivity contribution >= 4 is 17.9 Å². The van der Waals surface area contributed by atoms with E-state index in [0.717, 1.165) is 83.5 Å². The van der Waals surface area contributed by atoms with Gasteiger partial charge in [0.1, 0.15) is 13.2 Å². The predicted octanol–water partition coefficient (Wildman–Crippen LogP) is 13.3. The molecule has 0 N–H and O–H groups in total. The largest absolute Gasteiger partial charge is 0.545 e. The zero-order valence-corrected chi connectivity index (χ0v) is 42.3. The van der Waals surface area contributed by atoms with Crippen molar-refractivity contribution in [2.75, 3.05) is 47.5 Å². The van der Waals surface area contributed by atoms with Gasteiger partial charge < -0.3 is 33.3 Å². The molecular formula is C56H97NO8. The van der Waals surface area contributed by atoms with Gasteiger partial charge in [0.25, 0.3) is 0 Å². The highest BCUT2D eigenvalue weighted by Gasteiger charge is 2.21. The highest BCUT2D eigenvalue weighted by atomic mass is 16.7. The van der Waals surface area contributed by atoms with Crippen molar-refractivity contribution in [1.82, 2.24) is 0 Å². The van der Waals surface area contributed by atoms with E-state index in [4.69, 9.17) is 18.9 Å². The standard InChI is InChI=1S/C56H97NO8/c1-6-8-10-12-13-14-15-16-17-18-19-20-21-22-23-24-25-26-27-28-29-30-31-32-33-34-35-36-37-38-39-40-41-43-45-47-54(59)65-52(50-63-53(58)46-44-42-11-9-7-2)51-64-56(55(60)61)62-49-48-57(3,4)5/h8,10,13-14,16-17,19-20,22-23,25-26,52,56H,6-7,9,11-12,15,18,21,24,27-51H2,1-5H3/b10-8-,14-13-,17-16-,20-19-,23-22-,26-25-. The van der Waals surface area contributed by atoms with Gasteiger partial charge in [0.05, 0.1) is 40.3 Å². The van der Waals surface area contributed by atoms with Gasteiger partial charge in [-0.25, -0.2) is 0 Å². The summed E-state index contributed by atoms with van der Waals surface area (Å²) in [6, 6.07) is 0. The van der Waals surface area contributed by atoms with Gasteiger partial charge >= 0.3 is 11.9 Å². The van der Waals surface area contributed by atoms with Crippen LogP contribution < -0.4 is 5.11 Å². The summed E-state index contributed by atoms with van der Waals surface area (Å²) in [5.41, 5.74) is 0. The van der Waals surface area contributed by atoms with Crippen molar-refractivity contribution in [2.24, 2.45) is 0 Å². The van der Waals surface area contributed by atoms with E-state index in [2.05, 4.69) is 86.8 Å². The van der Waals surface area contributed by atoms with E-state index in [1.165, 1.54) is 89.9 Å². The fourth-order valence-electron chi connectivity index (χ4n) is 6.95. The van der Waals surface area contributed by atoms with Gasteiger partial charge in [-0.3, -0.25) is 9.59 Å². The van der Waals surface area contributed by atoms with E-state index >= 15 is 0 Å². The molecule has 0 spiro atoms. The molecule has 0 amide bonds. The number of carboxylic acid groups (broad SMARTS) is 1. The molecule has 0 aliphatic rings. The number of unbranched alkanes of at least 4 members (excludes halogenated alkanes) is 20. The Balaban J connectivity index is 3.94. The average molecular weight is 912 g/mol. The number of quaternary nitrogens is 1. The van der Waals surface area contributed by atoms with E-state index in [1.807, 2.05) is 21.1 Å². The quantitative estimate of drug-likeness (QED) is 0.0195.